The number of nitrogens with one attached hydrogen (secondary N) is 2. The van der Waals surface area contributed by atoms with Gasteiger partial charge in [0.2, 0.25) is 0 Å². The van der Waals surface area contributed by atoms with Gasteiger partial charge >= 0.3 is 6.03 Å². The molecule has 0 spiro atoms. The Hall–Kier alpha value is -2.24. The fraction of sp³-hybridized carbons (Fsp3) is 0.0952. The summed E-state index contributed by atoms with van der Waals surface area (Å²) in [6, 6.07) is 25.9. The van der Waals surface area contributed by atoms with Gasteiger partial charge in [0.1, 0.15) is 0 Å². The van der Waals surface area contributed by atoms with E-state index in [1.54, 1.807) is 11.8 Å². The van der Waals surface area contributed by atoms with Crippen molar-refractivity contribution in [2.24, 2.45) is 0 Å². The van der Waals surface area contributed by atoms with Gasteiger partial charge in [-0.1, -0.05) is 70.2 Å². The minimum Gasteiger partial charge on any atom is -0.338 e. The quantitative estimate of drug-likeness (QED) is 0.509. The second-order valence-electron chi connectivity index (χ2n) is 5.67. The van der Waals surface area contributed by atoms with Gasteiger partial charge < -0.3 is 10.6 Å². The number of para-hydroxylation sites is 1. The molecule has 3 aromatic carbocycles. The van der Waals surface area contributed by atoms with Crippen molar-refractivity contribution in [1.82, 2.24) is 5.32 Å². The molecule has 0 aliphatic rings. The number of hydrogen-bond donors (Lipinski definition) is 2. The van der Waals surface area contributed by atoms with Crippen LogP contribution >= 0.6 is 27.7 Å². The predicted octanol–water partition coefficient (Wildman–Crippen LogP) is 5.96. The van der Waals surface area contributed by atoms with E-state index in [1.807, 2.05) is 54.6 Å². The van der Waals surface area contributed by atoms with E-state index >= 15 is 0 Å². The molecule has 3 nitrogen and oxygen atoms in total. The van der Waals surface area contributed by atoms with E-state index in [-0.39, 0.29) is 6.03 Å². The van der Waals surface area contributed by atoms with Crippen LogP contribution in [0.25, 0.3) is 0 Å². The van der Waals surface area contributed by atoms with Gasteiger partial charge in [-0.2, -0.15) is 0 Å². The molecular weight excluding hydrogens is 408 g/mol. The maximum atomic E-state index is 12.2. The molecule has 26 heavy (non-hydrogen) atoms. The van der Waals surface area contributed by atoms with E-state index in [2.05, 4.69) is 50.8 Å². The van der Waals surface area contributed by atoms with Crippen molar-refractivity contribution in [2.45, 2.75) is 16.2 Å². The molecule has 0 heterocycles. The highest BCUT2D eigenvalue weighted by Gasteiger charge is 2.07. The zero-order valence-corrected chi connectivity index (χ0v) is 16.5. The molecule has 3 rings (SSSR count). The summed E-state index contributed by atoms with van der Waals surface area (Å²) in [5.74, 6) is 0. The van der Waals surface area contributed by atoms with Crippen LogP contribution < -0.4 is 10.6 Å². The van der Waals surface area contributed by atoms with Crippen LogP contribution in [0.2, 0.25) is 0 Å². The molecule has 3 aromatic rings. The molecule has 0 aliphatic heterocycles. The molecule has 0 radical (unpaired) electrons. The van der Waals surface area contributed by atoms with Gasteiger partial charge in [-0.25, -0.2) is 4.79 Å². The molecule has 2 amide bonds. The summed E-state index contributed by atoms with van der Waals surface area (Å²) in [5, 5.41) is 5.86. The van der Waals surface area contributed by atoms with Crippen LogP contribution in [0.4, 0.5) is 10.5 Å². The van der Waals surface area contributed by atoms with Crippen LogP contribution in [-0.2, 0) is 6.42 Å². The summed E-state index contributed by atoms with van der Waals surface area (Å²) in [6.07, 6.45) is 0.793. The number of amides is 2. The third kappa shape index (κ3) is 5.64. The van der Waals surface area contributed by atoms with Crippen LogP contribution in [0, 0.1) is 0 Å². The molecular formula is C21H19BrN2OS. The third-order valence-electron chi connectivity index (χ3n) is 3.72. The maximum Gasteiger partial charge on any atom is 0.319 e. The van der Waals surface area contributed by atoms with Gasteiger partial charge in [-0.05, 0) is 48.4 Å². The number of carbonyl (C=O) groups is 1. The topological polar surface area (TPSA) is 41.1 Å². The zero-order chi connectivity index (χ0) is 18.2. The van der Waals surface area contributed by atoms with E-state index in [4.69, 9.17) is 0 Å². The minimum absolute atomic E-state index is 0.191. The molecule has 2 N–H and O–H groups in total. The molecule has 132 valence electrons. The van der Waals surface area contributed by atoms with Gasteiger partial charge in [-0.15, -0.1) is 0 Å². The van der Waals surface area contributed by atoms with Crippen molar-refractivity contribution < 1.29 is 4.79 Å². The monoisotopic (exact) mass is 426 g/mol. The van der Waals surface area contributed by atoms with E-state index in [0.717, 1.165) is 26.4 Å². The average molecular weight is 427 g/mol. The number of anilines is 1. The summed E-state index contributed by atoms with van der Waals surface area (Å²) >= 11 is 5.05. The zero-order valence-electron chi connectivity index (χ0n) is 14.1. The summed E-state index contributed by atoms with van der Waals surface area (Å²) in [7, 11) is 0. The lowest BCUT2D eigenvalue weighted by molar-refractivity contribution is 0.252. The first-order chi connectivity index (χ1) is 12.7. The highest BCUT2D eigenvalue weighted by Crippen LogP contribution is 2.33. The van der Waals surface area contributed by atoms with Gasteiger partial charge in [0.15, 0.2) is 0 Å². The molecule has 0 unspecified atom stereocenters. The average Bonchev–Trinajstić information content (AvgIpc) is 2.66. The summed E-state index contributed by atoms with van der Waals surface area (Å²) < 4.78 is 1.06. The van der Waals surface area contributed by atoms with E-state index in [9.17, 15) is 4.79 Å². The Morgan fingerprint density at radius 3 is 2.35 bits per heavy atom. The van der Waals surface area contributed by atoms with Crippen molar-refractivity contribution in [1.29, 1.82) is 0 Å². The summed E-state index contributed by atoms with van der Waals surface area (Å²) in [5.41, 5.74) is 2.00. The normalized spacial score (nSPS) is 10.3. The van der Waals surface area contributed by atoms with Crippen LogP contribution in [0.3, 0.4) is 0 Å². The fourth-order valence-electron chi connectivity index (χ4n) is 2.41. The van der Waals surface area contributed by atoms with Gasteiger partial charge in [0.25, 0.3) is 0 Å². The number of urea groups is 1. The third-order valence-corrected chi connectivity index (χ3v) is 5.33. The first-order valence-electron chi connectivity index (χ1n) is 8.32. The largest absolute Gasteiger partial charge is 0.338 e. The molecule has 0 saturated carbocycles. The van der Waals surface area contributed by atoms with E-state index < -0.39 is 0 Å². The SMILES string of the molecule is O=C(NCCc1ccc(Br)cc1)Nc1ccccc1Sc1ccccc1. The lowest BCUT2D eigenvalue weighted by Crippen LogP contribution is -2.30. The van der Waals surface area contributed by atoms with Crippen molar-refractivity contribution in [3.8, 4) is 0 Å². The number of rotatable bonds is 6. The van der Waals surface area contributed by atoms with Gasteiger partial charge in [0.05, 0.1) is 5.69 Å². The Morgan fingerprint density at radius 2 is 1.58 bits per heavy atom. The van der Waals surface area contributed by atoms with Crippen LogP contribution in [0.1, 0.15) is 5.56 Å². The smallest absolute Gasteiger partial charge is 0.319 e. The van der Waals surface area contributed by atoms with Gasteiger partial charge in [0, 0.05) is 20.8 Å². The number of benzene rings is 3. The molecule has 5 heteroatoms. The first kappa shape index (κ1) is 18.5. The van der Waals surface area contributed by atoms with E-state index in [1.165, 1.54) is 5.56 Å². The number of carbonyl (C=O) groups excluding carboxylic acids is 1. The van der Waals surface area contributed by atoms with Gasteiger partial charge in [-0.3, -0.25) is 0 Å². The Kier molecular flexibility index (Phi) is 6.75. The van der Waals surface area contributed by atoms with Crippen molar-refractivity contribution in [2.75, 3.05) is 11.9 Å². The number of halogens is 1. The Balaban J connectivity index is 1.55. The second-order valence-corrected chi connectivity index (χ2v) is 7.70. The number of hydrogen-bond acceptors (Lipinski definition) is 2. The van der Waals surface area contributed by atoms with Crippen LogP contribution in [0.5, 0.6) is 0 Å². The highest BCUT2D eigenvalue weighted by molar-refractivity contribution is 9.10. The van der Waals surface area contributed by atoms with Crippen LogP contribution in [-0.4, -0.2) is 12.6 Å². The Morgan fingerprint density at radius 1 is 0.885 bits per heavy atom. The Labute approximate surface area is 166 Å². The molecule has 0 atom stereocenters. The Bertz CT molecular complexity index is 853. The molecule has 0 saturated heterocycles. The van der Waals surface area contributed by atoms with Crippen molar-refractivity contribution in [3.05, 3.63) is 88.9 Å². The molecule has 0 fully saturated rings. The predicted molar refractivity (Wildman–Crippen MR) is 112 cm³/mol. The van der Waals surface area contributed by atoms with Crippen molar-refractivity contribution in [3.63, 3.8) is 0 Å². The second kappa shape index (κ2) is 9.46. The van der Waals surface area contributed by atoms with E-state index in [0.29, 0.717) is 6.54 Å². The summed E-state index contributed by atoms with van der Waals surface area (Å²) in [6.45, 7) is 0.585. The fourth-order valence-corrected chi connectivity index (χ4v) is 3.60. The minimum atomic E-state index is -0.191. The maximum absolute atomic E-state index is 12.2. The lowest BCUT2D eigenvalue weighted by Gasteiger charge is -2.12. The lowest BCUT2D eigenvalue weighted by atomic mass is 10.1. The molecule has 0 bridgehead atoms. The first-order valence-corrected chi connectivity index (χ1v) is 9.93. The summed E-state index contributed by atoms with van der Waals surface area (Å²) in [4.78, 5) is 14.4. The van der Waals surface area contributed by atoms with Crippen LogP contribution in [0.15, 0.2) is 93.1 Å². The molecule has 0 aromatic heterocycles. The highest BCUT2D eigenvalue weighted by atomic mass is 79.9. The standard InChI is InChI=1S/C21H19BrN2OS/c22-17-12-10-16(11-13-17)14-15-23-21(25)24-19-8-4-5-9-20(19)26-18-6-2-1-3-7-18/h1-13H,14-15H2,(H2,23,24,25). The molecule has 0 aliphatic carbocycles. The van der Waals surface area contributed by atoms with Crippen molar-refractivity contribution >= 4 is 39.4 Å².